The summed E-state index contributed by atoms with van der Waals surface area (Å²) in [6, 6.07) is 8.55. The monoisotopic (exact) mass is 176 g/mol. The van der Waals surface area contributed by atoms with Crippen molar-refractivity contribution in [1.29, 1.82) is 0 Å². The molecule has 2 heteroatoms. The van der Waals surface area contributed by atoms with E-state index in [9.17, 15) is 4.39 Å². The number of aryl methyl sites for hydroxylation is 1. The molecule has 66 valence electrons. The number of phenolic OH excluding ortho intramolecular Hbond substituents is 1. The van der Waals surface area contributed by atoms with E-state index in [0.717, 1.165) is 10.9 Å². The first-order chi connectivity index (χ1) is 6.18. The maximum atomic E-state index is 13.3. The van der Waals surface area contributed by atoms with Crippen molar-refractivity contribution in [1.82, 2.24) is 0 Å². The predicted molar refractivity (Wildman–Crippen MR) is 50.3 cm³/mol. The molecule has 2 aromatic carbocycles. The molecule has 0 radical (unpaired) electrons. The third kappa shape index (κ3) is 1.24. The molecule has 0 atom stereocenters. The van der Waals surface area contributed by atoms with E-state index < -0.39 is 5.82 Å². The Morgan fingerprint density at radius 3 is 2.62 bits per heavy atom. The summed E-state index contributed by atoms with van der Waals surface area (Å²) in [6.45, 7) is 1.89. The Labute approximate surface area is 75.4 Å². The highest BCUT2D eigenvalue weighted by Gasteiger charge is 2.05. The fraction of sp³-hybridized carbons (Fsp3) is 0.0909. The number of aromatic hydroxyl groups is 1. The van der Waals surface area contributed by atoms with Crippen molar-refractivity contribution in [3.63, 3.8) is 0 Å². The molecule has 0 saturated carbocycles. The zero-order valence-electron chi connectivity index (χ0n) is 7.21. The number of fused-ring (bicyclic) bond motifs is 1. The highest BCUT2D eigenvalue weighted by molar-refractivity contribution is 5.85. The van der Waals surface area contributed by atoms with E-state index in [0.29, 0.717) is 5.39 Å². The van der Waals surface area contributed by atoms with Gasteiger partial charge in [-0.25, -0.2) is 4.39 Å². The molecule has 0 saturated heterocycles. The summed E-state index contributed by atoms with van der Waals surface area (Å²) in [5.41, 5.74) is 0.983. The van der Waals surface area contributed by atoms with Crippen LogP contribution in [0, 0.1) is 12.7 Å². The second-order valence-corrected chi connectivity index (χ2v) is 3.12. The largest absolute Gasteiger partial charge is 0.505 e. The molecule has 2 aromatic rings. The number of benzene rings is 2. The van der Waals surface area contributed by atoms with E-state index in [1.807, 2.05) is 19.1 Å². The number of phenols is 1. The van der Waals surface area contributed by atoms with Gasteiger partial charge in [-0.3, -0.25) is 0 Å². The first-order valence-electron chi connectivity index (χ1n) is 4.06. The normalized spacial score (nSPS) is 10.6. The zero-order valence-corrected chi connectivity index (χ0v) is 7.21. The van der Waals surface area contributed by atoms with E-state index >= 15 is 0 Å². The van der Waals surface area contributed by atoms with Gasteiger partial charge in [0.25, 0.3) is 0 Å². The zero-order chi connectivity index (χ0) is 9.42. The molecule has 0 aromatic heterocycles. The van der Waals surface area contributed by atoms with Gasteiger partial charge in [-0.1, -0.05) is 23.8 Å². The smallest absolute Gasteiger partial charge is 0.172 e. The van der Waals surface area contributed by atoms with Gasteiger partial charge in [0.2, 0.25) is 0 Å². The molecule has 0 bridgehead atoms. The van der Waals surface area contributed by atoms with Gasteiger partial charge in [0, 0.05) is 5.39 Å². The lowest BCUT2D eigenvalue weighted by atomic mass is 10.1. The van der Waals surface area contributed by atoms with E-state index in [2.05, 4.69) is 0 Å². The lowest BCUT2D eigenvalue weighted by molar-refractivity contribution is 0.436. The molecular weight excluding hydrogens is 167 g/mol. The molecule has 0 spiro atoms. The van der Waals surface area contributed by atoms with Crippen LogP contribution in [0.1, 0.15) is 5.56 Å². The van der Waals surface area contributed by atoms with Gasteiger partial charge in [-0.2, -0.15) is 0 Å². The Bertz CT molecular complexity index is 458. The van der Waals surface area contributed by atoms with Crippen LogP contribution in [0.4, 0.5) is 4.39 Å². The molecule has 2 rings (SSSR count). The van der Waals surface area contributed by atoms with Crippen molar-refractivity contribution in [2.75, 3.05) is 0 Å². The molecule has 1 nitrogen and oxygen atoms in total. The topological polar surface area (TPSA) is 20.2 Å². The van der Waals surface area contributed by atoms with Crippen LogP contribution < -0.4 is 0 Å². The minimum Gasteiger partial charge on any atom is -0.505 e. The van der Waals surface area contributed by atoms with Gasteiger partial charge < -0.3 is 5.11 Å². The first-order valence-corrected chi connectivity index (χ1v) is 4.06. The Morgan fingerprint density at radius 1 is 1.15 bits per heavy atom. The van der Waals surface area contributed by atoms with Gasteiger partial charge in [0.05, 0.1) is 0 Å². The van der Waals surface area contributed by atoms with Crippen LogP contribution in [0.5, 0.6) is 5.75 Å². The number of hydrogen-bond donors (Lipinski definition) is 1. The highest BCUT2D eigenvalue weighted by atomic mass is 19.1. The molecule has 0 heterocycles. The summed E-state index contributed by atoms with van der Waals surface area (Å²) >= 11 is 0. The lowest BCUT2D eigenvalue weighted by Crippen LogP contribution is -1.81. The maximum Gasteiger partial charge on any atom is 0.172 e. The fourth-order valence-electron chi connectivity index (χ4n) is 1.39. The summed E-state index contributed by atoms with van der Waals surface area (Å²) in [6.07, 6.45) is 0. The number of rotatable bonds is 0. The summed E-state index contributed by atoms with van der Waals surface area (Å²) in [5.74, 6) is -0.834. The van der Waals surface area contributed by atoms with Crippen molar-refractivity contribution >= 4 is 10.8 Å². The van der Waals surface area contributed by atoms with Crippen molar-refractivity contribution in [3.8, 4) is 5.75 Å². The molecule has 13 heavy (non-hydrogen) atoms. The molecule has 1 N–H and O–H groups in total. The Balaban J connectivity index is 2.89. The van der Waals surface area contributed by atoms with Crippen molar-refractivity contribution in [2.45, 2.75) is 6.92 Å². The van der Waals surface area contributed by atoms with Crippen molar-refractivity contribution in [2.24, 2.45) is 0 Å². The van der Waals surface area contributed by atoms with Crippen molar-refractivity contribution < 1.29 is 9.50 Å². The Kier molecular flexibility index (Phi) is 1.69. The Morgan fingerprint density at radius 2 is 1.85 bits per heavy atom. The van der Waals surface area contributed by atoms with Crippen LogP contribution >= 0.6 is 0 Å². The van der Waals surface area contributed by atoms with E-state index in [1.54, 1.807) is 12.1 Å². The van der Waals surface area contributed by atoms with Crippen LogP contribution in [0.15, 0.2) is 30.3 Å². The summed E-state index contributed by atoms with van der Waals surface area (Å²) in [5, 5.41) is 10.4. The second-order valence-electron chi connectivity index (χ2n) is 3.12. The van der Waals surface area contributed by atoms with Crippen LogP contribution in [0.2, 0.25) is 0 Å². The van der Waals surface area contributed by atoms with E-state index in [4.69, 9.17) is 5.11 Å². The van der Waals surface area contributed by atoms with Gasteiger partial charge in [0.15, 0.2) is 11.6 Å². The molecule has 0 aliphatic heterocycles. The van der Waals surface area contributed by atoms with Gasteiger partial charge in [0.1, 0.15) is 0 Å². The van der Waals surface area contributed by atoms with Gasteiger partial charge in [-0.15, -0.1) is 0 Å². The number of hydrogen-bond acceptors (Lipinski definition) is 1. The molecule has 0 aliphatic carbocycles. The van der Waals surface area contributed by atoms with Gasteiger partial charge >= 0.3 is 0 Å². The van der Waals surface area contributed by atoms with Crippen LogP contribution in [0.25, 0.3) is 10.8 Å². The summed E-state index contributed by atoms with van der Waals surface area (Å²) in [4.78, 5) is 0. The highest BCUT2D eigenvalue weighted by Crippen LogP contribution is 2.25. The molecule has 0 unspecified atom stereocenters. The van der Waals surface area contributed by atoms with Crippen LogP contribution in [-0.4, -0.2) is 5.11 Å². The number of halogens is 1. The SMILES string of the molecule is Cc1ccc2ccc(O)c(F)c2c1. The molecular formula is C11H9FO. The summed E-state index contributed by atoms with van der Waals surface area (Å²) in [7, 11) is 0. The standard InChI is InChI=1S/C11H9FO/c1-7-2-3-8-4-5-10(13)11(12)9(8)6-7/h2-6,13H,1H3. The average molecular weight is 176 g/mol. The van der Waals surface area contributed by atoms with Crippen LogP contribution in [0.3, 0.4) is 0 Å². The van der Waals surface area contributed by atoms with Crippen LogP contribution in [-0.2, 0) is 0 Å². The third-order valence-electron chi connectivity index (χ3n) is 2.09. The minimum absolute atomic E-state index is 0.293. The summed E-state index contributed by atoms with van der Waals surface area (Å²) < 4.78 is 13.3. The van der Waals surface area contributed by atoms with E-state index in [1.165, 1.54) is 6.07 Å². The Hall–Kier alpha value is -1.57. The fourth-order valence-corrected chi connectivity index (χ4v) is 1.39. The average Bonchev–Trinajstić information content (AvgIpc) is 2.12. The lowest BCUT2D eigenvalue weighted by Gasteiger charge is -2.02. The quantitative estimate of drug-likeness (QED) is 0.654. The first kappa shape index (κ1) is 8.05. The second kappa shape index (κ2) is 2.73. The molecule has 0 aliphatic rings. The van der Waals surface area contributed by atoms with Gasteiger partial charge in [-0.05, 0) is 24.4 Å². The third-order valence-corrected chi connectivity index (χ3v) is 2.09. The van der Waals surface area contributed by atoms with E-state index in [-0.39, 0.29) is 5.75 Å². The van der Waals surface area contributed by atoms with Crippen molar-refractivity contribution in [3.05, 3.63) is 41.7 Å². The molecule has 0 amide bonds. The minimum atomic E-state index is -0.541. The predicted octanol–water partition coefficient (Wildman–Crippen LogP) is 2.99. The molecule has 0 fully saturated rings. The maximum absolute atomic E-state index is 13.3.